The van der Waals surface area contributed by atoms with E-state index >= 15 is 0 Å². The number of aromatic nitrogens is 2. The maximum atomic E-state index is 12.5. The van der Waals surface area contributed by atoms with Crippen LogP contribution in [0.25, 0.3) is 11.6 Å². The van der Waals surface area contributed by atoms with Crippen LogP contribution >= 0.6 is 0 Å². The number of anilines is 2. The fourth-order valence-electron chi connectivity index (χ4n) is 2.78. The van der Waals surface area contributed by atoms with E-state index in [1.54, 1.807) is 6.08 Å². The number of benzene rings is 1. The molecule has 0 aliphatic carbocycles. The Labute approximate surface area is 133 Å². The van der Waals surface area contributed by atoms with Crippen molar-refractivity contribution in [1.29, 1.82) is 0 Å². The predicted octanol–water partition coefficient (Wildman–Crippen LogP) is 1.87. The van der Waals surface area contributed by atoms with Gasteiger partial charge in [-0.25, -0.2) is 9.55 Å². The van der Waals surface area contributed by atoms with E-state index in [2.05, 4.69) is 23.7 Å². The second kappa shape index (κ2) is 5.72. The molecule has 23 heavy (non-hydrogen) atoms. The van der Waals surface area contributed by atoms with Crippen molar-refractivity contribution in [3.63, 3.8) is 0 Å². The Hall–Kier alpha value is -2.89. The quantitative estimate of drug-likeness (QED) is 0.932. The van der Waals surface area contributed by atoms with Crippen molar-refractivity contribution >= 4 is 29.1 Å². The van der Waals surface area contributed by atoms with Crippen LogP contribution < -0.4 is 16.2 Å². The van der Waals surface area contributed by atoms with E-state index in [1.165, 1.54) is 0 Å². The Bertz CT molecular complexity index is 846. The monoisotopic (exact) mass is 310 g/mol. The summed E-state index contributed by atoms with van der Waals surface area (Å²) in [6.07, 6.45) is 1.60. The van der Waals surface area contributed by atoms with Crippen molar-refractivity contribution in [2.24, 2.45) is 0 Å². The van der Waals surface area contributed by atoms with Crippen LogP contribution in [0.4, 0.5) is 11.5 Å². The van der Waals surface area contributed by atoms with Gasteiger partial charge < -0.3 is 10.6 Å². The van der Waals surface area contributed by atoms with Gasteiger partial charge in [-0.2, -0.15) is 0 Å². The molecule has 118 valence electrons. The summed E-state index contributed by atoms with van der Waals surface area (Å²) in [6, 6.07) is 8.88. The first-order valence-electron chi connectivity index (χ1n) is 7.56. The number of hydrogen-bond donors (Lipinski definition) is 1. The Balaban J connectivity index is 1.98. The van der Waals surface area contributed by atoms with E-state index in [4.69, 9.17) is 5.73 Å². The van der Waals surface area contributed by atoms with Crippen LogP contribution in [0.3, 0.4) is 0 Å². The van der Waals surface area contributed by atoms with E-state index in [9.17, 15) is 9.59 Å². The summed E-state index contributed by atoms with van der Waals surface area (Å²) in [5.41, 5.74) is 7.43. The van der Waals surface area contributed by atoms with Crippen LogP contribution in [-0.2, 0) is 0 Å². The van der Waals surface area contributed by atoms with Crippen molar-refractivity contribution in [3.05, 3.63) is 52.1 Å². The van der Waals surface area contributed by atoms with Crippen LogP contribution in [0, 0.1) is 0 Å². The summed E-state index contributed by atoms with van der Waals surface area (Å²) in [7, 11) is 0. The number of nitrogen functional groups attached to an aromatic ring is 1. The minimum Gasteiger partial charge on any atom is -0.383 e. The number of allylic oxidation sites excluding steroid dienone is 1. The van der Waals surface area contributed by atoms with Gasteiger partial charge >= 0.3 is 0 Å². The lowest BCUT2D eigenvalue weighted by molar-refractivity contribution is 0.0979. The Morgan fingerprint density at radius 3 is 2.39 bits per heavy atom. The number of rotatable bonds is 4. The summed E-state index contributed by atoms with van der Waals surface area (Å²) >= 11 is 0. The minimum absolute atomic E-state index is 0.114. The Morgan fingerprint density at radius 1 is 1.13 bits per heavy atom. The molecule has 1 aliphatic heterocycles. The number of fused-ring (bicyclic) bond motifs is 1. The van der Waals surface area contributed by atoms with Crippen LogP contribution in [-0.4, -0.2) is 28.5 Å². The molecule has 0 fully saturated rings. The third-order valence-corrected chi connectivity index (χ3v) is 3.98. The average Bonchev–Trinajstić information content (AvgIpc) is 2.86. The molecule has 6 nitrogen and oxygen atoms in total. The second-order valence-electron chi connectivity index (χ2n) is 5.30. The molecule has 0 atom stereocenters. The molecular weight excluding hydrogens is 292 g/mol. The zero-order chi connectivity index (χ0) is 16.6. The Morgan fingerprint density at radius 2 is 1.78 bits per heavy atom. The number of nitrogens with two attached hydrogens (primary N) is 1. The first kappa shape index (κ1) is 15.0. The van der Waals surface area contributed by atoms with Gasteiger partial charge in [0.15, 0.2) is 0 Å². The van der Waals surface area contributed by atoms with Crippen LogP contribution in [0.15, 0.2) is 35.1 Å². The molecule has 2 N–H and O–H groups in total. The lowest BCUT2D eigenvalue weighted by atomic mass is 10.1. The molecule has 2 aromatic rings. The maximum absolute atomic E-state index is 12.5. The minimum atomic E-state index is -0.455. The third-order valence-electron chi connectivity index (χ3n) is 3.98. The van der Waals surface area contributed by atoms with Gasteiger partial charge in [-0.15, -0.1) is 0 Å². The van der Waals surface area contributed by atoms with E-state index in [0.717, 1.165) is 35.0 Å². The molecule has 1 aliphatic rings. The van der Waals surface area contributed by atoms with E-state index in [0.29, 0.717) is 5.57 Å². The van der Waals surface area contributed by atoms with Crippen LogP contribution in [0.5, 0.6) is 0 Å². The summed E-state index contributed by atoms with van der Waals surface area (Å²) in [6.45, 7) is 6.03. The Kier molecular flexibility index (Phi) is 3.73. The van der Waals surface area contributed by atoms with Crippen molar-refractivity contribution in [2.75, 3.05) is 23.7 Å². The highest BCUT2D eigenvalue weighted by molar-refractivity contribution is 6.28. The van der Waals surface area contributed by atoms with Crippen molar-refractivity contribution in [3.8, 4) is 0 Å². The average molecular weight is 310 g/mol. The fraction of sp³-hybridized carbons (Fsp3) is 0.235. The van der Waals surface area contributed by atoms with Crippen molar-refractivity contribution in [1.82, 2.24) is 9.55 Å². The smallest absolute Gasteiger partial charge is 0.267 e. The molecule has 0 saturated carbocycles. The molecule has 0 amide bonds. The van der Waals surface area contributed by atoms with Gasteiger partial charge in [0.2, 0.25) is 0 Å². The third kappa shape index (κ3) is 2.52. The molecule has 1 aromatic carbocycles. The molecule has 0 bridgehead atoms. The second-order valence-corrected chi connectivity index (χ2v) is 5.30. The molecular formula is C17H18N4O2. The van der Waals surface area contributed by atoms with Gasteiger partial charge in [0, 0.05) is 24.8 Å². The first-order valence-corrected chi connectivity index (χ1v) is 7.56. The normalized spacial score (nSPS) is 13.0. The molecule has 6 heteroatoms. The topological polar surface area (TPSA) is 81.2 Å². The van der Waals surface area contributed by atoms with Gasteiger partial charge in [0.1, 0.15) is 11.6 Å². The van der Waals surface area contributed by atoms with Gasteiger partial charge in [-0.05, 0) is 37.6 Å². The fourth-order valence-corrected chi connectivity index (χ4v) is 2.78. The number of carbonyl (C=O) groups is 1. The van der Waals surface area contributed by atoms with E-state index in [-0.39, 0.29) is 17.5 Å². The number of nitrogens with zero attached hydrogens (tertiary/aromatic N) is 3. The molecule has 3 rings (SSSR count). The molecule has 2 heterocycles. The summed E-state index contributed by atoms with van der Waals surface area (Å²) < 4.78 is 1.05. The first-order chi connectivity index (χ1) is 11.0. The summed E-state index contributed by atoms with van der Waals surface area (Å²) in [4.78, 5) is 30.7. The number of hydrogen-bond acceptors (Lipinski definition) is 5. The van der Waals surface area contributed by atoms with Gasteiger partial charge in [-0.3, -0.25) is 9.59 Å². The molecule has 0 radical (unpaired) electrons. The highest BCUT2D eigenvalue weighted by atomic mass is 16.2. The van der Waals surface area contributed by atoms with Crippen molar-refractivity contribution < 1.29 is 4.79 Å². The molecule has 0 saturated heterocycles. The zero-order valence-corrected chi connectivity index (χ0v) is 13.1. The SMILES string of the molecule is CCN(CC)c1ccc(C2=Cc3nc(N)cc(=O)n3C2=O)cc1. The maximum Gasteiger partial charge on any atom is 0.267 e. The highest BCUT2D eigenvalue weighted by Crippen LogP contribution is 2.26. The standard InChI is InChI=1S/C17H18N4O2/c1-3-20(4-2)12-7-5-11(6-8-12)13-9-15-19-14(18)10-16(22)21(15)17(13)23/h5-10H,3-4,18H2,1-2H3. The van der Waals surface area contributed by atoms with Crippen LogP contribution in [0.1, 0.15) is 30.0 Å². The molecule has 1 aromatic heterocycles. The predicted molar refractivity (Wildman–Crippen MR) is 91.4 cm³/mol. The lowest BCUT2D eigenvalue weighted by Gasteiger charge is -2.21. The zero-order valence-electron chi connectivity index (χ0n) is 13.1. The molecule has 0 spiro atoms. The summed E-state index contributed by atoms with van der Waals surface area (Å²) in [5.74, 6) is 0.0272. The van der Waals surface area contributed by atoms with Gasteiger partial charge in [0.05, 0.1) is 5.57 Å². The summed E-state index contributed by atoms with van der Waals surface area (Å²) in [5, 5.41) is 0. The van der Waals surface area contributed by atoms with Crippen molar-refractivity contribution in [2.45, 2.75) is 13.8 Å². The number of carbonyl (C=O) groups excluding carboxylic acids is 1. The highest BCUT2D eigenvalue weighted by Gasteiger charge is 2.25. The van der Waals surface area contributed by atoms with Gasteiger partial charge in [-0.1, -0.05) is 12.1 Å². The van der Waals surface area contributed by atoms with Gasteiger partial charge in [0.25, 0.3) is 11.5 Å². The molecule has 0 unspecified atom stereocenters. The lowest BCUT2D eigenvalue weighted by Crippen LogP contribution is -2.26. The largest absolute Gasteiger partial charge is 0.383 e. The van der Waals surface area contributed by atoms with Crippen LogP contribution in [0.2, 0.25) is 0 Å². The van der Waals surface area contributed by atoms with E-state index < -0.39 is 5.56 Å². The van der Waals surface area contributed by atoms with E-state index in [1.807, 2.05) is 24.3 Å².